The van der Waals surface area contributed by atoms with Crippen molar-refractivity contribution in [3.63, 3.8) is 0 Å². The molecule has 0 spiro atoms. The highest BCUT2D eigenvalue weighted by Gasteiger charge is 2.36. The number of aliphatic hydroxyl groups is 1. The first-order chi connectivity index (χ1) is 8.82. The molecule has 0 aromatic carbocycles. The number of hydrogen-bond donors (Lipinski definition) is 2. The normalized spacial score (nSPS) is 22.5. The predicted molar refractivity (Wildman–Crippen MR) is 64.2 cm³/mol. The number of rotatable bonds is 4. The topological polar surface area (TPSA) is 108 Å². The number of carboxylic acid groups (broad SMARTS) is 1. The summed E-state index contributed by atoms with van der Waals surface area (Å²) in [5.41, 5.74) is 0. The Morgan fingerprint density at radius 2 is 2.21 bits per heavy atom. The average molecular weight is 289 g/mol. The Kier molecular flexibility index (Phi) is 3.66. The van der Waals surface area contributed by atoms with Gasteiger partial charge in [-0.15, -0.1) is 0 Å². The van der Waals surface area contributed by atoms with Crippen LogP contribution in [0.25, 0.3) is 0 Å². The van der Waals surface area contributed by atoms with Crippen LogP contribution >= 0.6 is 0 Å². The fourth-order valence-electron chi connectivity index (χ4n) is 2.07. The lowest BCUT2D eigenvalue weighted by Crippen LogP contribution is -2.30. The van der Waals surface area contributed by atoms with E-state index in [1.807, 2.05) is 0 Å². The monoisotopic (exact) mass is 289 g/mol. The third-order valence-electron chi connectivity index (χ3n) is 3.26. The van der Waals surface area contributed by atoms with Crippen LogP contribution in [0.2, 0.25) is 0 Å². The van der Waals surface area contributed by atoms with Crippen LogP contribution in [0.1, 0.15) is 23.9 Å². The zero-order valence-corrected chi connectivity index (χ0v) is 11.1. The summed E-state index contributed by atoms with van der Waals surface area (Å²) in [6.45, 7) is 2.13. The van der Waals surface area contributed by atoms with Crippen molar-refractivity contribution >= 4 is 16.0 Å². The van der Waals surface area contributed by atoms with Crippen molar-refractivity contribution in [2.24, 2.45) is 5.92 Å². The molecule has 2 heterocycles. The number of carbonyl (C=O) groups is 1. The molecule has 19 heavy (non-hydrogen) atoms. The van der Waals surface area contributed by atoms with Crippen LogP contribution in [0.15, 0.2) is 21.6 Å². The smallest absolute Gasteiger partial charge is 0.371 e. The van der Waals surface area contributed by atoms with Gasteiger partial charge >= 0.3 is 5.97 Å². The summed E-state index contributed by atoms with van der Waals surface area (Å²) < 4.78 is 30.4. The van der Waals surface area contributed by atoms with Gasteiger partial charge in [-0.05, 0) is 31.4 Å². The Hall–Kier alpha value is -1.38. The molecule has 0 aliphatic carbocycles. The molecule has 1 aromatic rings. The lowest BCUT2D eigenvalue weighted by molar-refractivity contribution is 0.0656. The first-order valence-electron chi connectivity index (χ1n) is 5.83. The molecule has 1 aliphatic heterocycles. The second-order valence-electron chi connectivity index (χ2n) is 4.58. The quantitative estimate of drug-likeness (QED) is 0.829. The van der Waals surface area contributed by atoms with Crippen molar-refractivity contribution in [1.82, 2.24) is 4.31 Å². The molecule has 0 amide bonds. The first-order valence-corrected chi connectivity index (χ1v) is 7.27. The molecule has 1 fully saturated rings. The van der Waals surface area contributed by atoms with Gasteiger partial charge in [0.1, 0.15) is 0 Å². The van der Waals surface area contributed by atoms with Crippen LogP contribution in [-0.2, 0) is 10.0 Å². The van der Waals surface area contributed by atoms with Crippen LogP contribution in [0, 0.1) is 5.92 Å². The summed E-state index contributed by atoms with van der Waals surface area (Å²) in [5.74, 6) is -1.83. The van der Waals surface area contributed by atoms with Crippen LogP contribution in [0.5, 0.6) is 0 Å². The van der Waals surface area contributed by atoms with E-state index in [-0.39, 0.29) is 17.6 Å². The molecular formula is C11H15NO6S. The Morgan fingerprint density at radius 3 is 2.68 bits per heavy atom. The van der Waals surface area contributed by atoms with Crippen LogP contribution in [-0.4, -0.2) is 48.1 Å². The number of aromatic carboxylic acids is 1. The van der Waals surface area contributed by atoms with Gasteiger partial charge in [-0.2, -0.15) is 4.31 Å². The van der Waals surface area contributed by atoms with E-state index in [4.69, 9.17) is 9.52 Å². The van der Waals surface area contributed by atoms with Gasteiger partial charge < -0.3 is 14.6 Å². The van der Waals surface area contributed by atoms with Crippen molar-refractivity contribution in [3.05, 3.63) is 17.9 Å². The molecule has 1 aliphatic rings. The molecule has 2 N–H and O–H groups in total. The highest BCUT2D eigenvalue weighted by molar-refractivity contribution is 7.89. The molecule has 2 atom stereocenters. The van der Waals surface area contributed by atoms with E-state index in [0.29, 0.717) is 13.0 Å². The predicted octanol–water partition coefficient (Wildman–Crippen LogP) is 0.369. The highest BCUT2D eigenvalue weighted by Crippen LogP contribution is 2.27. The number of sulfonamides is 1. The Morgan fingerprint density at radius 1 is 1.53 bits per heavy atom. The molecule has 0 saturated carbocycles. The second-order valence-corrected chi connectivity index (χ2v) is 6.45. The Labute approximate surface area is 110 Å². The minimum absolute atomic E-state index is 0.108. The van der Waals surface area contributed by atoms with E-state index in [0.717, 1.165) is 12.1 Å². The molecule has 2 rings (SSSR count). The fraction of sp³-hybridized carbons (Fsp3) is 0.545. The average Bonchev–Trinajstić information content (AvgIpc) is 2.99. The molecule has 2 unspecified atom stereocenters. The van der Waals surface area contributed by atoms with Gasteiger partial charge in [-0.3, -0.25) is 0 Å². The van der Waals surface area contributed by atoms with Gasteiger partial charge in [-0.1, -0.05) is 0 Å². The van der Waals surface area contributed by atoms with Crippen LogP contribution < -0.4 is 0 Å². The lowest BCUT2D eigenvalue weighted by Gasteiger charge is -2.16. The van der Waals surface area contributed by atoms with E-state index >= 15 is 0 Å². The summed E-state index contributed by atoms with van der Waals surface area (Å²) in [4.78, 5) is 10.7. The fourth-order valence-corrected chi connectivity index (χ4v) is 3.49. The standard InChI is InChI=1S/C11H15NO6S/c1-7(13)8-4-5-12(6-8)19(16,17)10-3-2-9(18-10)11(14)15/h2-3,7-8,13H,4-6H2,1H3,(H,14,15). The third kappa shape index (κ3) is 2.65. The maximum absolute atomic E-state index is 12.2. The zero-order chi connectivity index (χ0) is 14.2. The van der Waals surface area contributed by atoms with Gasteiger partial charge in [-0.25, -0.2) is 13.2 Å². The van der Waals surface area contributed by atoms with E-state index in [9.17, 15) is 18.3 Å². The summed E-state index contributed by atoms with van der Waals surface area (Å²) in [6.07, 6.45) is -0.00461. The molecular weight excluding hydrogens is 274 g/mol. The largest absolute Gasteiger partial charge is 0.475 e. The highest BCUT2D eigenvalue weighted by atomic mass is 32.2. The summed E-state index contributed by atoms with van der Waals surface area (Å²) in [6, 6.07) is 2.24. The van der Waals surface area contributed by atoms with Crippen molar-refractivity contribution < 1.29 is 27.8 Å². The first kappa shape index (κ1) is 14.0. The molecule has 0 bridgehead atoms. The third-order valence-corrected chi connectivity index (χ3v) is 5.00. The summed E-state index contributed by atoms with van der Waals surface area (Å²) >= 11 is 0. The molecule has 106 valence electrons. The number of aliphatic hydroxyl groups excluding tert-OH is 1. The summed E-state index contributed by atoms with van der Waals surface area (Å²) in [5, 5.41) is 17.8. The molecule has 1 saturated heterocycles. The van der Waals surface area contributed by atoms with Crippen LogP contribution in [0.4, 0.5) is 0 Å². The molecule has 1 aromatic heterocycles. The molecule has 0 radical (unpaired) electrons. The minimum atomic E-state index is -3.83. The van der Waals surface area contributed by atoms with E-state index < -0.39 is 27.9 Å². The van der Waals surface area contributed by atoms with Crippen molar-refractivity contribution in [2.45, 2.75) is 24.5 Å². The zero-order valence-electron chi connectivity index (χ0n) is 10.3. The van der Waals surface area contributed by atoms with E-state index in [2.05, 4.69) is 0 Å². The maximum atomic E-state index is 12.2. The number of carboxylic acids is 1. The van der Waals surface area contributed by atoms with Gasteiger partial charge in [0.25, 0.3) is 10.0 Å². The van der Waals surface area contributed by atoms with Crippen molar-refractivity contribution in [2.75, 3.05) is 13.1 Å². The molecule has 7 nitrogen and oxygen atoms in total. The lowest BCUT2D eigenvalue weighted by atomic mass is 10.0. The maximum Gasteiger partial charge on any atom is 0.371 e. The van der Waals surface area contributed by atoms with Crippen LogP contribution in [0.3, 0.4) is 0 Å². The number of nitrogens with zero attached hydrogens (tertiary/aromatic N) is 1. The van der Waals surface area contributed by atoms with E-state index in [1.54, 1.807) is 6.92 Å². The van der Waals surface area contributed by atoms with Crippen molar-refractivity contribution in [1.29, 1.82) is 0 Å². The van der Waals surface area contributed by atoms with Crippen molar-refractivity contribution in [3.8, 4) is 0 Å². The van der Waals surface area contributed by atoms with Gasteiger partial charge in [0.2, 0.25) is 10.9 Å². The SMILES string of the molecule is CC(O)C1CCN(S(=O)(=O)c2ccc(C(=O)O)o2)C1. The number of furan rings is 1. The Balaban J connectivity index is 2.21. The van der Waals surface area contributed by atoms with E-state index in [1.165, 1.54) is 4.31 Å². The van der Waals surface area contributed by atoms with Gasteiger partial charge in [0, 0.05) is 13.1 Å². The molecule has 8 heteroatoms. The number of hydrogen-bond acceptors (Lipinski definition) is 5. The second kappa shape index (κ2) is 4.95. The van der Waals surface area contributed by atoms with Gasteiger partial charge in [0.05, 0.1) is 6.10 Å². The summed E-state index contributed by atoms with van der Waals surface area (Å²) in [7, 11) is -3.83. The Bertz CT molecular complexity index is 576. The van der Waals surface area contributed by atoms with Gasteiger partial charge in [0.15, 0.2) is 0 Å². The minimum Gasteiger partial charge on any atom is -0.475 e.